The number of piperidine rings is 1. The molecule has 0 radical (unpaired) electrons. The number of nitrogens with zero attached hydrogens (tertiary/aromatic N) is 3. The molecule has 1 spiro atoms. The lowest BCUT2D eigenvalue weighted by atomic mass is 9.57. The predicted molar refractivity (Wildman–Crippen MR) is 111 cm³/mol. The van der Waals surface area contributed by atoms with Crippen molar-refractivity contribution < 1.29 is 35.9 Å². The van der Waals surface area contributed by atoms with Crippen molar-refractivity contribution >= 4 is 21.8 Å². The van der Waals surface area contributed by atoms with Crippen LogP contribution in [0.4, 0.5) is 18.0 Å². The number of halogens is 3. The Bertz CT molecular complexity index is 1080. The van der Waals surface area contributed by atoms with Crippen LogP contribution in [-0.2, 0) is 25.8 Å². The number of sulfone groups is 1. The molecule has 1 aromatic rings. The van der Waals surface area contributed by atoms with Crippen molar-refractivity contribution in [3.8, 4) is 0 Å². The maximum Gasteiger partial charge on any atom is 0.501 e. The van der Waals surface area contributed by atoms with E-state index >= 15 is 0 Å². The van der Waals surface area contributed by atoms with Crippen molar-refractivity contribution in [3.05, 3.63) is 24.0 Å². The van der Waals surface area contributed by atoms with Crippen molar-refractivity contribution in [1.29, 1.82) is 0 Å². The van der Waals surface area contributed by atoms with E-state index in [9.17, 15) is 31.2 Å². The number of pyridine rings is 1. The number of nitrogens with one attached hydrogen (secondary N) is 1. The van der Waals surface area contributed by atoms with Gasteiger partial charge >= 0.3 is 11.5 Å². The summed E-state index contributed by atoms with van der Waals surface area (Å²) in [5, 5.41) is 2.89. The summed E-state index contributed by atoms with van der Waals surface area (Å²) in [6, 6.07) is 2.08. The van der Waals surface area contributed by atoms with Gasteiger partial charge in [-0.3, -0.25) is 9.78 Å². The quantitative estimate of drug-likeness (QED) is 0.668. The number of rotatable bonds is 3. The van der Waals surface area contributed by atoms with Gasteiger partial charge in [-0.25, -0.2) is 13.2 Å². The Balaban J connectivity index is 1.09. The average molecular weight is 503 g/mol. The summed E-state index contributed by atoms with van der Waals surface area (Å²) < 4.78 is 66.4. The molecule has 1 aromatic heterocycles. The molecule has 34 heavy (non-hydrogen) atoms. The Morgan fingerprint density at radius 2 is 1.97 bits per heavy atom. The number of hydrogen-bond acceptors (Lipinski definition) is 6. The van der Waals surface area contributed by atoms with Gasteiger partial charge in [-0.05, 0) is 43.7 Å². The maximum absolute atomic E-state index is 12.9. The lowest BCUT2D eigenvalue weighted by Gasteiger charge is -2.60. The van der Waals surface area contributed by atoms with Gasteiger partial charge in [0.05, 0.1) is 17.0 Å². The Labute approximate surface area is 194 Å². The number of ether oxygens (including phenoxy) is 1. The predicted octanol–water partition coefficient (Wildman–Crippen LogP) is 1.34. The molecule has 3 amide bonds. The second-order valence-electron chi connectivity index (χ2n) is 9.81. The highest BCUT2D eigenvalue weighted by molar-refractivity contribution is 7.92. The fourth-order valence-corrected chi connectivity index (χ4v) is 6.37. The SMILES string of the molecule is O=C1CO[C@H]2CCN(C(=O)N3CC4(CC(Cc5ccc(S(=O)(=O)C(F)(F)F)cn5)C4)C3)C[C@H]2N1. The largest absolute Gasteiger partial charge is 0.501 e. The third-order valence-corrected chi connectivity index (χ3v) is 8.74. The van der Waals surface area contributed by atoms with Crippen LogP contribution in [0.25, 0.3) is 0 Å². The van der Waals surface area contributed by atoms with Crippen LogP contribution in [0, 0.1) is 11.3 Å². The first-order valence-corrected chi connectivity index (χ1v) is 12.7. The smallest absolute Gasteiger partial charge is 0.366 e. The van der Waals surface area contributed by atoms with E-state index in [0.29, 0.717) is 50.6 Å². The molecule has 2 atom stereocenters. The van der Waals surface area contributed by atoms with Crippen LogP contribution in [0.2, 0.25) is 0 Å². The van der Waals surface area contributed by atoms with Crippen LogP contribution in [0.1, 0.15) is 25.0 Å². The zero-order valence-corrected chi connectivity index (χ0v) is 19.1. The Hall–Kier alpha value is -2.41. The van der Waals surface area contributed by atoms with Crippen molar-refractivity contribution in [3.63, 3.8) is 0 Å². The van der Waals surface area contributed by atoms with Crippen molar-refractivity contribution in [2.24, 2.45) is 11.3 Å². The minimum absolute atomic E-state index is 0.0320. The molecule has 9 nitrogen and oxygen atoms in total. The molecule has 4 aliphatic rings. The number of carbonyl (C=O) groups is 2. The summed E-state index contributed by atoms with van der Waals surface area (Å²) in [6.45, 7) is 2.41. The molecule has 0 unspecified atom stereocenters. The number of carbonyl (C=O) groups excluding carboxylic acids is 2. The minimum Gasteiger partial charge on any atom is -0.366 e. The highest BCUT2D eigenvalue weighted by Gasteiger charge is 2.54. The summed E-state index contributed by atoms with van der Waals surface area (Å²) >= 11 is 0. The van der Waals surface area contributed by atoms with Gasteiger partial charge in [0, 0.05) is 43.5 Å². The standard InChI is InChI=1S/C21H25F3N4O5S/c22-21(23,24)34(31,32)15-2-1-14(25-8-15)5-13-6-20(7-13)11-28(12-20)19(30)27-4-3-17-16(9-27)26-18(29)10-33-17/h1-2,8,13,16-17H,3-7,9-12H2,(H,26,29)/t16-,17+/m1/s1. The van der Waals surface area contributed by atoms with E-state index in [1.807, 2.05) is 4.90 Å². The molecule has 4 heterocycles. The molecule has 3 aliphatic heterocycles. The van der Waals surface area contributed by atoms with Crippen LogP contribution in [-0.4, -0.2) is 85.6 Å². The second-order valence-corrected chi connectivity index (χ2v) is 11.8. The molecule has 186 valence electrons. The number of amides is 3. The first-order chi connectivity index (χ1) is 16.0. The highest BCUT2D eigenvalue weighted by atomic mass is 32.2. The average Bonchev–Trinajstić information content (AvgIpc) is 2.73. The van der Waals surface area contributed by atoms with Gasteiger partial charge < -0.3 is 19.9 Å². The third-order valence-electron chi connectivity index (χ3n) is 7.27. The number of likely N-dealkylation sites (tertiary alicyclic amines) is 2. The summed E-state index contributed by atoms with van der Waals surface area (Å²) in [6.07, 6.45) is 3.73. The third kappa shape index (κ3) is 4.12. The highest BCUT2D eigenvalue weighted by Crippen LogP contribution is 2.53. The van der Waals surface area contributed by atoms with Crippen molar-refractivity contribution in [2.75, 3.05) is 32.8 Å². The number of fused-ring (bicyclic) bond motifs is 1. The second kappa shape index (κ2) is 8.08. The molecule has 0 aromatic carbocycles. The lowest BCUT2D eigenvalue weighted by Crippen LogP contribution is -2.68. The van der Waals surface area contributed by atoms with Crippen LogP contribution in [0.15, 0.2) is 23.2 Å². The van der Waals surface area contributed by atoms with Gasteiger partial charge in [-0.2, -0.15) is 13.2 Å². The van der Waals surface area contributed by atoms with E-state index in [1.165, 1.54) is 6.07 Å². The zero-order valence-electron chi connectivity index (χ0n) is 18.3. The van der Waals surface area contributed by atoms with Crippen LogP contribution in [0.3, 0.4) is 0 Å². The van der Waals surface area contributed by atoms with Crippen molar-refractivity contribution in [2.45, 2.75) is 48.2 Å². The lowest BCUT2D eigenvalue weighted by molar-refractivity contribution is -0.140. The van der Waals surface area contributed by atoms with E-state index in [4.69, 9.17) is 4.74 Å². The number of morpholine rings is 1. The van der Waals surface area contributed by atoms with E-state index in [-0.39, 0.29) is 36.1 Å². The summed E-state index contributed by atoms with van der Waals surface area (Å²) in [4.78, 5) is 31.1. The number of hydrogen-bond donors (Lipinski definition) is 1. The number of aromatic nitrogens is 1. The molecular formula is C21H25F3N4O5S. The molecule has 5 rings (SSSR count). The molecular weight excluding hydrogens is 477 g/mol. The normalized spacial score (nSPS) is 27.0. The fraction of sp³-hybridized carbons (Fsp3) is 0.667. The van der Waals surface area contributed by atoms with Gasteiger partial charge in [-0.15, -0.1) is 0 Å². The molecule has 13 heteroatoms. The van der Waals surface area contributed by atoms with Crippen molar-refractivity contribution in [1.82, 2.24) is 20.1 Å². The molecule has 0 bridgehead atoms. The summed E-state index contributed by atoms with van der Waals surface area (Å²) in [5.41, 5.74) is -4.73. The topological polar surface area (TPSA) is 109 Å². The van der Waals surface area contributed by atoms with Gasteiger partial charge in [0.2, 0.25) is 5.91 Å². The minimum atomic E-state index is -5.39. The monoisotopic (exact) mass is 502 g/mol. The van der Waals surface area contributed by atoms with E-state index in [1.54, 1.807) is 4.90 Å². The maximum atomic E-state index is 12.9. The molecule has 1 aliphatic carbocycles. The number of urea groups is 1. The zero-order chi connectivity index (χ0) is 24.3. The Morgan fingerprint density at radius 1 is 1.24 bits per heavy atom. The Morgan fingerprint density at radius 3 is 2.62 bits per heavy atom. The first kappa shape index (κ1) is 23.3. The summed E-state index contributed by atoms with van der Waals surface area (Å²) in [5.74, 6) is 0.130. The molecule has 3 saturated heterocycles. The van der Waals surface area contributed by atoms with Gasteiger partial charge in [-0.1, -0.05) is 0 Å². The molecule has 4 fully saturated rings. The van der Waals surface area contributed by atoms with Crippen LogP contribution >= 0.6 is 0 Å². The fourth-order valence-electron chi connectivity index (χ4n) is 5.66. The van der Waals surface area contributed by atoms with E-state index in [2.05, 4.69) is 10.3 Å². The van der Waals surface area contributed by atoms with Crippen LogP contribution in [0.5, 0.6) is 0 Å². The number of alkyl halides is 3. The Kier molecular flexibility index (Phi) is 5.54. The molecule has 1 N–H and O–H groups in total. The van der Waals surface area contributed by atoms with E-state index in [0.717, 1.165) is 25.1 Å². The first-order valence-electron chi connectivity index (χ1n) is 11.2. The summed E-state index contributed by atoms with van der Waals surface area (Å²) in [7, 11) is -5.39. The van der Waals surface area contributed by atoms with Gasteiger partial charge in [0.25, 0.3) is 9.84 Å². The van der Waals surface area contributed by atoms with Crippen LogP contribution < -0.4 is 5.32 Å². The van der Waals surface area contributed by atoms with Gasteiger partial charge in [0.1, 0.15) is 6.61 Å². The molecule has 1 saturated carbocycles. The van der Waals surface area contributed by atoms with E-state index < -0.39 is 20.2 Å². The van der Waals surface area contributed by atoms with Gasteiger partial charge in [0.15, 0.2) is 0 Å².